The Balaban J connectivity index is 1.48. The van der Waals surface area contributed by atoms with Crippen LogP contribution in [0.3, 0.4) is 0 Å². The van der Waals surface area contributed by atoms with E-state index in [1.54, 1.807) is 55.1 Å². The predicted molar refractivity (Wildman–Crippen MR) is 129 cm³/mol. The standard InChI is InChI=1S/C25H32FN3O4S/c1-18(2)28-34(32,33)17-21-7-5-20(6-8-21)15-27-25(31)22-4-3-13-29(16-22)24(30)14-19-9-11-23(26)12-10-19/h5-12,18,22,28H,3-4,13-17H2,1-2H3,(H,27,31). The van der Waals surface area contributed by atoms with Crippen LogP contribution < -0.4 is 10.0 Å². The zero-order valence-corrected chi connectivity index (χ0v) is 20.4. The SMILES string of the molecule is CC(C)NS(=O)(=O)Cc1ccc(CNC(=O)C2CCCN(C(=O)Cc3ccc(F)cc3)C2)cc1. The van der Waals surface area contributed by atoms with Gasteiger partial charge in [-0.05, 0) is 55.5 Å². The molecule has 0 saturated carbocycles. The maximum atomic E-state index is 13.1. The Hall–Kier alpha value is -2.78. The molecule has 184 valence electrons. The molecule has 1 aliphatic rings. The first-order valence-electron chi connectivity index (χ1n) is 11.5. The highest BCUT2D eigenvalue weighted by atomic mass is 32.2. The van der Waals surface area contributed by atoms with Crippen LogP contribution in [0.2, 0.25) is 0 Å². The molecule has 9 heteroatoms. The lowest BCUT2D eigenvalue weighted by Gasteiger charge is -2.32. The second-order valence-electron chi connectivity index (χ2n) is 9.05. The highest BCUT2D eigenvalue weighted by Gasteiger charge is 2.28. The Labute approximate surface area is 200 Å². The van der Waals surface area contributed by atoms with Gasteiger partial charge in [0.2, 0.25) is 21.8 Å². The minimum Gasteiger partial charge on any atom is -0.352 e. The number of rotatable bonds is 9. The summed E-state index contributed by atoms with van der Waals surface area (Å²) in [5.41, 5.74) is 2.28. The van der Waals surface area contributed by atoms with Crippen LogP contribution in [0.25, 0.3) is 0 Å². The fourth-order valence-electron chi connectivity index (χ4n) is 4.01. The van der Waals surface area contributed by atoms with Gasteiger partial charge in [-0.3, -0.25) is 9.59 Å². The summed E-state index contributed by atoms with van der Waals surface area (Å²) in [6.45, 7) is 4.86. The first kappa shape index (κ1) is 25.8. The summed E-state index contributed by atoms with van der Waals surface area (Å²) in [4.78, 5) is 27.1. The Morgan fingerprint density at radius 1 is 1.03 bits per heavy atom. The number of carbonyl (C=O) groups excluding carboxylic acids is 2. The van der Waals surface area contributed by atoms with Crippen molar-refractivity contribution in [2.24, 2.45) is 5.92 Å². The van der Waals surface area contributed by atoms with Crippen molar-refractivity contribution >= 4 is 21.8 Å². The summed E-state index contributed by atoms with van der Waals surface area (Å²) in [6, 6.07) is 12.8. The lowest BCUT2D eigenvalue weighted by Crippen LogP contribution is -2.45. The molecule has 2 N–H and O–H groups in total. The van der Waals surface area contributed by atoms with Crippen LogP contribution in [0.5, 0.6) is 0 Å². The van der Waals surface area contributed by atoms with Gasteiger partial charge in [-0.2, -0.15) is 0 Å². The molecule has 1 aliphatic heterocycles. The third-order valence-corrected chi connectivity index (χ3v) is 7.22. The van der Waals surface area contributed by atoms with Crippen LogP contribution in [-0.4, -0.2) is 44.3 Å². The third kappa shape index (κ3) is 7.92. The molecule has 1 heterocycles. The highest BCUT2D eigenvalue weighted by Crippen LogP contribution is 2.18. The molecule has 0 aromatic heterocycles. The van der Waals surface area contributed by atoms with Crippen molar-refractivity contribution in [3.05, 3.63) is 71.0 Å². The lowest BCUT2D eigenvalue weighted by molar-refractivity contribution is -0.135. The fourth-order valence-corrected chi connectivity index (χ4v) is 5.45. The highest BCUT2D eigenvalue weighted by molar-refractivity contribution is 7.88. The first-order chi connectivity index (χ1) is 16.1. The van der Waals surface area contributed by atoms with E-state index >= 15 is 0 Å². The third-order valence-electron chi connectivity index (χ3n) is 5.68. The number of amides is 2. The number of piperidine rings is 1. The van der Waals surface area contributed by atoms with Gasteiger partial charge in [-0.1, -0.05) is 36.4 Å². The number of carbonyl (C=O) groups is 2. The molecule has 0 radical (unpaired) electrons. The normalized spacial score (nSPS) is 16.5. The molecule has 1 atom stereocenters. The van der Waals surface area contributed by atoms with Crippen molar-refractivity contribution in [3.8, 4) is 0 Å². The number of likely N-dealkylation sites (tertiary alicyclic amines) is 1. The average molecular weight is 490 g/mol. The van der Waals surface area contributed by atoms with Gasteiger partial charge < -0.3 is 10.2 Å². The predicted octanol–water partition coefficient (Wildman–Crippen LogP) is 2.75. The molecule has 1 unspecified atom stereocenters. The molecular formula is C25H32FN3O4S. The number of benzene rings is 2. The van der Waals surface area contributed by atoms with Crippen molar-refractivity contribution in [1.82, 2.24) is 14.9 Å². The van der Waals surface area contributed by atoms with E-state index in [1.165, 1.54) is 12.1 Å². The monoisotopic (exact) mass is 489 g/mol. The van der Waals surface area contributed by atoms with Crippen LogP contribution in [0.15, 0.2) is 48.5 Å². The Bertz CT molecular complexity index is 1090. The van der Waals surface area contributed by atoms with Crippen molar-refractivity contribution in [2.45, 2.75) is 51.4 Å². The summed E-state index contributed by atoms with van der Waals surface area (Å²) in [5.74, 6) is -0.887. The Morgan fingerprint density at radius 3 is 2.29 bits per heavy atom. The molecule has 3 rings (SSSR count). The molecule has 0 aliphatic carbocycles. The lowest BCUT2D eigenvalue weighted by atomic mass is 9.96. The van der Waals surface area contributed by atoms with Gasteiger partial charge >= 0.3 is 0 Å². The van der Waals surface area contributed by atoms with Crippen LogP contribution in [-0.2, 0) is 38.3 Å². The molecule has 2 aromatic carbocycles. The van der Waals surface area contributed by atoms with Crippen LogP contribution >= 0.6 is 0 Å². The number of hydrogen-bond acceptors (Lipinski definition) is 4. The van der Waals surface area contributed by atoms with Gasteiger partial charge in [0.15, 0.2) is 0 Å². The number of hydrogen-bond donors (Lipinski definition) is 2. The summed E-state index contributed by atoms with van der Waals surface area (Å²) in [5, 5.41) is 2.93. The van der Waals surface area contributed by atoms with Crippen molar-refractivity contribution < 1.29 is 22.4 Å². The van der Waals surface area contributed by atoms with Crippen LogP contribution in [0, 0.1) is 11.7 Å². The summed E-state index contributed by atoms with van der Waals surface area (Å²) < 4.78 is 39.8. The molecule has 2 aromatic rings. The molecular weight excluding hydrogens is 457 g/mol. The maximum Gasteiger partial charge on any atom is 0.227 e. The number of halogens is 1. The number of sulfonamides is 1. The van der Waals surface area contributed by atoms with E-state index in [-0.39, 0.29) is 41.8 Å². The van der Waals surface area contributed by atoms with Gasteiger partial charge in [0.05, 0.1) is 18.1 Å². The smallest absolute Gasteiger partial charge is 0.227 e. The topological polar surface area (TPSA) is 95.6 Å². The summed E-state index contributed by atoms with van der Waals surface area (Å²) >= 11 is 0. The number of nitrogens with one attached hydrogen (secondary N) is 2. The number of nitrogens with zero attached hydrogens (tertiary/aromatic N) is 1. The van der Waals surface area contributed by atoms with Gasteiger partial charge in [0.25, 0.3) is 0 Å². The van der Waals surface area contributed by atoms with Gasteiger partial charge in [-0.15, -0.1) is 0 Å². The molecule has 0 spiro atoms. The fraction of sp³-hybridized carbons (Fsp3) is 0.440. The second kappa shape index (κ2) is 11.6. The van der Waals surface area contributed by atoms with E-state index in [2.05, 4.69) is 10.0 Å². The van der Waals surface area contributed by atoms with E-state index < -0.39 is 10.0 Å². The molecule has 0 bridgehead atoms. The van der Waals surface area contributed by atoms with Crippen LogP contribution in [0.4, 0.5) is 4.39 Å². The average Bonchev–Trinajstić information content (AvgIpc) is 2.79. The van der Waals surface area contributed by atoms with E-state index in [0.717, 1.165) is 17.5 Å². The van der Waals surface area contributed by atoms with Crippen molar-refractivity contribution in [3.63, 3.8) is 0 Å². The zero-order valence-electron chi connectivity index (χ0n) is 19.6. The molecule has 1 fully saturated rings. The quantitative estimate of drug-likeness (QED) is 0.566. The van der Waals surface area contributed by atoms with Crippen molar-refractivity contribution in [2.75, 3.05) is 13.1 Å². The van der Waals surface area contributed by atoms with E-state index in [9.17, 15) is 22.4 Å². The van der Waals surface area contributed by atoms with Crippen LogP contribution in [0.1, 0.15) is 43.4 Å². The van der Waals surface area contributed by atoms with Gasteiger partial charge in [0, 0.05) is 25.7 Å². The van der Waals surface area contributed by atoms with Gasteiger partial charge in [-0.25, -0.2) is 17.5 Å². The minimum absolute atomic E-state index is 0.0680. The molecule has 2 amide bonds. The minimum atomic E-state index is -3.39. The summed E-state index contributed by atoms with van der Waals surface area (Å²) in [7, 11) is -3.39. The van der Waals surface area contributed by atoms with E-state index in [1.807, 2.05) is 0 Å². The second-order valence-corrected chi connectivity index (χ2v) is 10.8. The first-order valence-corrected chi connectivity index (χ1v) is 13.1. The van der Waals surface area contributed by atoms with Crippen molar-refractivity contribution in [1.29, 1.82) is 0 Å². The molecule has 1 saturated heterocycles. The Kier molecular flexibility index (Phi) is 8.79. The van der Waals surface area contributed by atoms with Gasteiger partial charge in [0.1, 0.15) is 5.82 Å². The Morgan fingerprint density at radius 2 is 1.65 bits per heavy atom. The maximum absolute atomic E-state index is 13.1. The largest absolute Gasteiger partial charge is 0.352 e. The van der Waals surface area contributed by atoms with E-state index in [4.69, 9.17) is 0 Å². The summed E-state index contributed by atoms with van der Waals surface area (Å²) in [6.07, 6.45) is 1.65. The zero-order chi connectivity index (χ0) is 24.7. The molecule has 7 nitrogen and oxygen atoms in total. The van der Waals surface area contributed by atoms with E-state index in [0.29, 0.717) is 31.6 Å². The molecule has 34 heavy (non-hydrogen) atoms.